The first kappa shape index (κ1) is 23.7. The minimum Gasteiger partial charge on any atom is -0.492 e. The second-order valence-electron chi connectivity index (χ2n) is 6.34. The summed E-state index contributed by atoms with van der Waals surface area (Å²) in [5.74, 6) is -0.566. The lowest BCUT2D eigenvalue weighted by atomic mass is 10.1. The van der Waals surface area contributed by atoms with Gasteiger partial charge in [-0.15, -0.1) is 0 Å². The molecule has 0 unspecified atom stereocenters. The molecule has 8 nitrogen and oxygen atoms in total. The van der Waals surface area contributed by atoms with Crippen LogP contribution in [0.2, 0.25) is 5.02 Å². The highest BCUT2D eigenvalue weighted by molar-refractivity contribution is 7.89. The maximum Gasteiger partial charge on any atom is 0.243 e. The van der Waals surface area contributed by atoms with E-state index >= 15 is 0 Å². The van der Waals surface area contributed by atoms with E-state index in [-0.39, 0.29) is 29.4 Å². The summed E-state index contributed by atoms with van der Waals surface area (Å²) >= 11 is 6.10. The van der Waals surface area contributed by atoms with Crippen molar-refractivity contribution in [3.63, 3.8) is 0 Å². The number of nitrogens with two attached hydrogens (primary N) is 1. The van der Waals surface area contributed by atoms with Crippen molar-refractivity contribution in [2.24, 2.45) is 5.73 Å². The normalized spacial score (nSPS) is 11.3. The first-order chi connectivity index (χ1) is 14.2. The SMILES string of the molecule is CCOc1ccc(S(=O)(=O)N(CC)CC(=O)Nc2ccc(CC(N)=O)cc2)cc1Cl. The number of carbonyl (C=O) groups excluding carboxylic acids is 2. The zero-order chi connectivity index (χ0) is 22.3. The number of benzene rings is 2. The number of anilines is 1. The molecule has 0 spiro atoms. The van der Waals surface area contributed by atoms with Gasteiger partial charge in [0.25, 0.3) is 0 Å². The summed E-state index contributed by atoms with van der Waals surface area (Å²) in [4.78, 5) is 23.3. The number of nitrogens with one attached hydrogen (secondary N) is 1. The molecule has 2 amide bonds. The van der Waals surface area contributed by atoms with Crippen molar-refractivity contribution < 1.29 is 22.7 Å². The summed E-state index contributed by atoms with van der Waals surface area (Å²) in [6, 6.07) is 10.7. The van der Waals surface area contributed by atoms with Crippen LogP contribution in [0.3, 0.4) is 0 Å². The van der Waals surface area contributed by atoms with Gasteiger partial charge in [-0.25, -0.2) is 8.42 Å². The largest absolute Gasteiger partial charge is 0.492 e. The van der Waals surface area contributed by atoms with Crippen LogP contribution in [0.4, 0.5) is 5.69 Å². The second-order valence-corrected chi connectivity index (χ2v) is 8.69. The van der Waals surface area contributed by atoms with E-state index in [0.717, 1.165) is 4.31 Å². The number of halogens is 1. The Morgan fingerprint density at radius 2 is 1.80 bits per heavy atom. The molecule has 0 saturated heterocycles. The average Bonchev–Trinajstić information content (AvgIpc) is 2.68. The average molecular weight is 454 g/mol. The van der Waals surface area contributed by atoms with Crippen LogP contribution in [0.25, 0.3) is 0 Å². The number of hydrogen-bond donors (Lipinski definition) is 2. The molecule has 0 aliphatic heterocycles. The van der Waals surface area contributed by atoms with Crippen molar-refractivity contribution in [3.05, 3.63) is 53.1 Å². The van der Waals surface area contributed by atoms with E-state index in [1.807, 2.05) is 0 Å². The highest BCUT2D eigenvalue weighted by atomic mass is 35.5. The van der Waals surface area contributed by atoms with Gasteiger partial charge in [-0.05, 0) is 42.8 Å². The van der Waals surface area contributed by atoms with E-state index < -0.39 is 21.8 Å². The molecule has 2 aromatic rings. The molecule has 2 rings (SSSR count). The second kappa shape index (κ2) is 10.4. The van der Waals surface area contributed by atoms with Gasteiger partial charge in [-0.3, -0.25) is 9.59 Å². The molecule has 0 aliphatic rings. The summed E-state index contributed by atoms with van der Waals surface area (Å²) < 4.78 is 32.2. The van der Waals surface area contributed by atoms with E-state index in [1.54, 1.807) is 38.1 Å². The van der Waals surface area contributed by atoms with Crippen LogP contribution >= 0.6 is 11.6 Å². The predicted octanol–water partition coefficient (Wildman–Crippen LogP) is 2.42. The van der Waals surface area contributed by atoms with Crippen LogP contribution in [-0.2, 0) is 26.0 Å². The highest BCUT2D eigenvalue weighted by Gasteiger charge is 2.26. The van der Waals surface area contributed by atoms with Crippen molar-refractivity contribution in [2.45, 2.75) is 25.2 Å². The van der Waals surface area contributed by atoms with Gasteiger partial charge < -0.3 is 15.8 Å². The molecule has 10 heteroatoms. The Bertz CT molecular complexity index is 1010. The van der Waals surface area contributed by atoms with Crippen molar-refractivity contribution in [2.75, 3.05) is 25.0 Å². The third-order valence-electron chi connectivity index (χ3n) is 4.13. The Kier molecular flexibility index (Phi) is 8.22. The van der Waals surface area contributed by atoms with Gasteiger partial charge in [-0.1, -0.05) is 30.7 Å². The maximum absolute atomic E-state index is 12.9. The van der Waals surface area contributed by atoms with Crippen LogP contribution in [0.1, 0.15) is 19.4 Å². The summed E-state index contributed by atoms with van der Waals surface area (Å²) in [5.41, 5.74) is 6.34. The molecule has 0 aromatic heterocycles. The molecule has 0 bridgehead atoms. The zero-order valence-corrected chi connectivity index (χ0v) is 18.3. The predicted molar refractivity (Wildman–Crippen MR) is 115 cm³/mol. The first-order valence-electron chi connectivity index (χ1n) is 9.27. The molecular formula is C20H24ClN3O5S. The number of ether oxygens (including phenoxy) is 1. The molecular weight excluding hydrogens is 430 g/mol. The van der Waals surface area contributed by atoms with Crippen LogP contribution in [0.5, 0.6) is 5.75 Å². The Morgan fingerprint density at radius 1 is 1.13 bits per heavy atom. The summed E-state index contributed by atoms with van der Waals surface area (Å²) in [7, 11) is -3.93. The van der Waals surface area contributed by atoms with Crippen molar-refractivity contribution >= 4 is 39.1 Å². The Labute approximate surface area is 181 Å². The minimum absolute atomic E-state index is 0.0265. The lowest BCUT2D eigenvalue weighted by Gasteiger charge is -2.20. The number of sulfonamides is 1. The van der Waals surface area contributed by atoms with Crippen molar-refractivity contribution in [1.82, 2.24) is 4.31 Å². The molecule has 2 aromatic carbocycles. The zero-order valence-electron chi connectivity index (χ0n) is 16.7. The van der Waals surface area contributed by atoms with E-state index in [2.05, 4.69) is 5.32 Å². The van der Waals surface area contributed by atoms with Gasteiger partial charge in [0.1, 0.15) is 5.75 Å². The fraction of sp³-hybridized carbons (Fsp3) is 0.300. The first-order valence-corrected chi connectivity index (χ1v) is 11.1. The van der Waals surface area contributed by atoms with Gasteiger partial charge in [-0.2, -0.15) is 4.31 Å². The molecule has 0 saturated carbocycles. The fourth-order valence-corrected chi connectivity index (χ4v) is 4.43. The van der Waals surface area contributed by atoms with Crippen LogP contribution in [0.15, 0.2) is 47.4 Å². The molecule has 0 atom stereocenters. The molecule has 162 valence electrons. The fourth-order valence-electron chi connectivity index (χ4n) is 2.70. The molecule has 0 aliphatic carbocycles. The third kappa shape index (κ3) is 6.19. The van der Waals surface area contributed by atoms with Gasteiger partial charge in [0, 0.05) is 12.2 Å². The van der Waals surface area contributed by atoms with Crippen molar-refractivity contribution in [1.29, 1.82) is 0 Å². The van der Waals surface area contributed by atoms with Gasteiger partial charge in [0.05, 0.1) is 29.5 Å². The Hall–Kier alpha value is -2.62. The maximum atomic E-state index is 12.9. The van der Waals surface area contributed by atoms with Gasteiger partial charge in [0.2, 0.25) is 21.8 Å². The highest BCUT2D eigenvalue weighted by Crippen LogP contribution is 2.28. The quantitative estimate of drug-likeness (QED) is 0.572. The van der Waals surface area contributed by atoms with Crippen molar-refractivity contribution in [3.8, 4) is 5.75 Å². The number of primary amides is 1. The number of rotatable bonds is 10. The monoisotopic (exact) mass is 453 g/mol. The molecule has 3 N–H and O–H groups in total. The van der Waals surface area contributed by atoms with E-state index in [9.17, 15) is 18.0 Å². The standard InChI is InChI=1S/C20H24ClN3O5S/c1-3-24(30(27,28)16-9-10-18(29-4-2)17(21)12-16)13-20(26)23-15-7-5-14(6-8-15)11-19(22)25/h5-10,12H,3-4,11,13H2,1-2H3,(H2,22,25)(H,23,26). The summed E-state index contributed by atoms with van der Waals surface area (Å²) in [6.45, 7) is 3.56. The van der Waals surface area contributed by atoms with Crippen LogP contribution in [0, 0.1) is 0 Å². The topological polar surface area (TPSA) is 119 Å². The van der Waals surface area contributed by atoms with E-state index in [1.165, 1.54) is 18.2 Å². The molecule has 0 radical (unpaired) electrons. The summed E-state index contributed by atoms with van der Waals surface area (Å²) in [6.07, 6.45) is 0.0979. The minimum atomic E-state index is -3.93. The van der Waals surface area contributed by atoms with Gasteiger partial charge in [0.15, 0.2) is 0 Å². The third-order valence-corrected chi connectivity index (χ3v) is 6.34. The number of hydrogen-bond acceptors (Lipinski definition) is 5. The van der Waals surface area contributed by atoms with Gasteiger partial charge >= 0.3 is 0 Å². The number of likely N-dealkylation sites (N-methyl/N-ethyl adjacent to an activating group) is 1. The number of carbonyl (C=O) groups is 2. The Balaban J connectivity index is 2.10. The lowest BCUT2D eigenvalue weighted by Crippen LogP contribution is -2.37. The van der Waals surface area contributed by atoms with Crippen LogP contribution in [-0.4, -0.2) is 44.2 Å². The number of nitrogens with zero attached hydrogens (tertiary/aromatic N) is 1. The molecule has 30 heavy (non-hydrogen) atoms. The van der Waals surface area contributed by atoms with E-state index in [0.29, 0.717) is 23.6 Å². The Morgan fingerprint density at radius 3 is 2.33 bits per heavy atom. The molecule has 0 fully saturated rings. The molecule has 0 heterocycles. The van der Waals surface area contributed by atoms with E-state index in [4.69, 9.17) is 22.1 Å². The summed E-state index contributed by atoms with van der Waals surface area (Å²) in [5, 5.41) is 2.82. The lowest BCUT2D eigenvalue weighted by molar-refractivity contribution is -0.117. The van der Waals surface area contributed by atoms with Crippen LogP contribution < -0.4 is 15.8 Å². The number of amides is 2. The smallest absolute Gasteiger partial charge is 0.243 e.